The molecule has 12 nitrogen and oxygen atoms in total. The first-order valence-electron chi connectivity index (χ1n) is 7.71. The predicted octanol–water partition coefficient (Wildman–Crippen LogP) is -2.84. The maximum atomic E-state index is 11.8. The van der Waals surface area contributed by atoms with Crippen molar-refractivity contribution in [3.63, 3.8) is 0 Å². The highest BCUT2D eigenvalue weighted by atomic mass is 16.4. The Labute approximate surface area is 148 Å². The van der Waals surface area contributed by atoms with Gasteiger partial charge in [0.2, 0.25) is 11.8 Å². The number of hydrogen-bond acceptors (Lipinski definition) is 7. The van der Waals surface area contributed by atoms with Gasteiger partial charge in [-0.2, -0.15) is 0 Å². The first-order chi connectivity index (χ1) is 12.2. The molecule has 144 valence electrons. The molecule has 1 heterocycles. The lowest BCUT2D eigenvalue weighted by molar-refractivity contribution is -0.142. The van der Waals surface area contributed by atoms with E-state index in [4.69, 9.17) is 16.6 Å². The van der Waals surface area contributed by atoms with E-state index >= 15 is 0 Å². The predicted molar refractivity (Wildman–Crippen MR) is 87.7 cm³/mol. The van der Waals surface area contributed by atoms with Gasteiger partial charge in [0.1, 0.15) is 12.1 Å². The van der Waals surface area contributed by atoms with Crippen molar-refractivity contribution in [2.45, 2.75) is 37.4 Å². The number of rotatable bonds is 12. The fraction of sp³-hybridized carbons (Fsp3) is 0.500. The van der Waals surface area contributed by atoms with E-state index in [0.29, 0.717) is 5.69 Å². The zero-order valence-corrected chi connectivity index (χ0v) is 13.8. The number of amides is 2. The fourth-order valence-electron chi connectivity index (χ4n) is 2.11. The number of carboxylic acids is 2. The van der Waals surface area contributed by atoms with E-state index in [2.05, 4.69) is 20.6 Å². The second-order valence-corrected chi connectivity index (χ2v) is 5.59. The molecule has 1 rings (SSSR count). The molecule has 12 heteroatoms. The Bertz CT molecular complexity index is 634. The minimum atomic E-state index is -1.31. The summed E-state index contributed by atoms with van der Waals surface area (Å²) in [5, 5.41) is 23.3. The standard InChI is InChI=1S/C14H22N6O6/c15-8(4-11(16)21)12(22)20-9(13(23)24)1-2-18-10(14(25)26)3-7-5-17-6-19-7/h5-6,8-10,18H,1-4,15H2,(H2,16,21)(H,17,19)(H,20,22)(H,23,24)(H,25,26)/t8-,9-,10-/m0/s1. The maximum Gasteiger partial charge on any atom is 0.326 e. The third-order valence-corrected chi connectivity index (χ3v) is 3.47. The molecule has 0 aliphatic carbocycles. The molecular formula is C14H22N6O6. The van der Waals surface area contributed by atoms with Crippen LogP contribution in [0, 0.1) is 0 Å². The number of aromatic amines is 1. The molecule has 0 spiro atoms. The first kappa shape index (κ1) is 21.1. The number of imidazole rings is 1. The first-order valence-corrected chi connectivity index (χ1v) is 7.71. The Kier molecular flexibility index (Phi) is 8.18. The molecule has 1 aromatic heterocycles. The van der Waals surface area contributed by atoms with Crippen LogP contribution in [0.15, 0.2) is 12.5 Å². The van der Waals surface area contributed by atoms with Gasteiger partial charge in [0.25, 0.3) is 0 Å². The van der Waals surface area contributed by atoms with Crippen molar-refractivity contribution in [1.82, 2.24) is 20.6 Å². The molecule has 0 aromatic carbocycles. The summed E-state index contributed by atoms with van der Waals surface area (Å²) in [6, 6.07) is -3.51. The number of nitrogens with two attached hydrogens (primary N) is 2. The minimum Gasteiger partial charge on any atom is -0.480 e. The fourth-order valence-corrected chi connectivity index (χ4v) is 2.11. The van der Waals surface area contributed by atoms with E-state index < -0.39 is 48.3 Å². The number of carbonyl (C=O) groups is 4. The summed E-state index contributed by atoms with van der Waals surface area (Å²) < 4.78 is 0. The van der Waals surface area contributed by atoms with Crippen LogP contribution in [-0.2, 0) is 25.6 Å². The Morgan fingerprint density at radius 1 is 1.19 bits per heavy atom. The molecule has 0 fully saturated rings. The summed E-state index contributed by atoms with van der Waals surface area (Å²) in [6.45, 7) is 0.00735. The van der Waals surface area contributed by atoms with E-state index in [1.165, 1.54) is 12.5 Å². The van der Waals surface area contributed by atoms with Gasteiger partial charge < -0.3 is 37.3 Å². The number of aliphatic carboxylic acids is 2. The molecule has 0 aliphatic heterocycles. The summed E-state index contributed by atoms with van der Waals surface area (Å²) in [6.07, 6.45) is 2.53. The van der Waals surface area contributed by atoms with Gasteiger partial charge in [-0.1, -0.05) is 0 Å². The summed E-state index contributed by atoms with van der Waals surface area (Å²) in [7, 11) is 0. The SMILES string of the molecule is NC(=O)C[C@H](N)C(=O)N[C@@H](CCN[C@@H](Cc1cnc[nH]1)C(=O)O)C(=O)O. The number of carboxylic acid groups (broad SMARTS) is 2. The number of nitrogens with one attached hydrogen (secondary N) is 3. The van der Waals surface area contributed by atoms with Crippen LogP contribution in [0.5, 0.6) is 0 Å². The smallest absolute Gasteiger partial charge is 0.326 e. The summed E-state index contributed by atoms with van der Waals surface area (Å²) in [5.41, 5.74) is 11.0. The van der Waals surface area contributed by atoms with Gasteiger partial charge in [-0.25, -0.2) is 9.78 Å². The lowest BCUT2D eigenvalue weighted by Crippen LogP contribution is -2.51. The number of primary amides is 1. The molecule has 0 saturated carbocycles. The zero-order chi connectivity index (χ0) is 19.7. The minimum absolute atomic E-state index is 0.00735. The van der Waals surface area contributed by atoms with Gasteiger partial charge in [-0.15, -0.1) is 0 Å². The van der Waals surface area contributed by atoms with E-state index in [-0.39, 0.29) is 19.4 Å². The van der Waals surface area contributed by atoms with Crippen LogP contribution in [-0.4, -0.2) is 68.6 Å². The maximum absolute atomic E-state index is 11.8. The van der Waals surface area contributed by atoms with E-state index in [1.807, 2.05) is 0 Å². The number of carbonyl (C=O) groups excluding carboxylic acids is 2. The van der Waals surface area contributed by atoms with Gasteiger partial charge in [-0.3, -0.25) is 14.4 Å². The Hall–Kier alpha value is -2.99. The van der Waals surface area contributed by atoms with Crippen LogP contribution in [0.25, 0.3) is 0 Å². The van der Waals surface area contributed by atoms with E-state index in [1.54, 1.807) is 0 Å². The van der Waals surface area contributed by atoms with Crippen LogP contribution in [0.3, 0.4) is 0 Å². The number of nitrogens with zero attached hydrogens (tertiary/aromatic N) is 1. The molecule has 0 radical (unpaired) electrons. The van der Waals surface area contributed by atoms with Crippen LogP contribution in [0.2, 0.25) is 0 Å². The molecule has 0 bridgehead atoms. The highest BCUT2D eigenvalue weighted by Gasteiger charge is 2.25. The number of H-pyrrole nitrogens is 1. The van der Waals surface area contributed by atoms with Gasteiger partial charge in [0.05, 0.1) is 18.8 Å². The molecule has 0 unspecified atom stereocenters. The van der Waals surface area contributed by atoms with Gasteiger partial charge in [0, 0.05) is 18.3 Å². The van der Waals surface area contributed by atoms with Crippen molar-refractivity contribution in [3.05, 3.63) is 18.2 Å². The van der Waals surface area contributed by atoms with Crippen molar-refractivity contribution < 1.29 is 29.4 Å². The summed E-state index contributed by atoms with van der Waals surface area (Å²) in [5.74, 6) is -4.04. The van der Waals surface area contributed by atoms with E-state index in [9.17, 15) is 24.3 Å². The lowest BCUT2D eigenvalue weighted by Gasteiger charge is -2.19. The Morgan fingerprint density at radius 3 is 2.35 bits per heavy atom. The lowest BCUT2D eigenvalue weighted by atomic mass is 10.1. The normalized spacial score (nSPS) is 14.2. The highest BCUT2D eigenvalue weighted by molar-refractivity contribution is 5.90. The molecule has 1 aromatic rings. The second-order valence-electron chi connectivity index (χ2n) is 5.59. The average Bonchev–Trinajstić information content (AvgIpc) is 3.04. The van der Waals surface area contributed by atoms with Gasteiger partial charge in [0.15, 0.2) is 0 Å². The molecule has 0 saturated heterocycles. The topological polar surface area (TPSA) is 214 Å². The molecule has 0 aliphatic rings. The van der Waals surface area contributed by atoms with Crippen LogP contribution >= 0.6 is 0 Å². The third kappa shape index (κ3) is 7.27. The van der Waals surface area contributed by atoms with Crippen LogP contribution in [0.1, 0.15) is 18.5 Å². The van der Waals surface area contributed by atoms with Crippen LogP contribution < -0.4 is 22.1 Å². The van der Waals surface area contributed by atoms with Crippen molar-refractivity contribution in [3.8, 4) is 0 Å². The van der Waals surface area contributed by atoms with Crippen LogP contribution in [0.4, 0.5) is 0 Å². The van der Waals surface area contributed by atoms with Crippen molar-refractivity contribution in [2.24, 2.45) is 11.5 Å². The largest absolute Gasteiger partial charge is 0.480 e. The third-order valence-electron chi connectivity index (χ3n) is 3.47. The molecule has 2 amide bonds. The molecule has 3 atom stereocenters. The van der Waals surface area contributed by atoms with Crippen molar-refractivity contribution in [2.75, 3.05) is 6.54 Å². The average molecular weight is 370 g/mol. The number of hydrogen-bond donors (Lipinski definition) is 7. The summed E-state index contributed by atoms with van der Waals surface area (Å²) >= 11 is 0. The Balaban J connectivity index is 2.53. The van der Waals surface area contributed by atoms with Gasteiger partial charge >= 0.3 is 11.9 Å². The van der Waals surface area contributed by atoms with Crippen molar-refractivity contribution >= 4 is 23.8 Å². The second kappa shape index (κ2) is 10.1. The molecular weight excluding hydrogens is 348 g/mol. The van der Waals surface area contributed by atoms with Gasteiger partial charge in [-0.05, 0) is 13.0 Å². The molecule has 26 heavy (non-hydrogen) atoms. The van der Waals surface area contributed by atoms with Crippen molar-refractivity contribution in [1.29, 1.82) is 0 Å². The van der Waals surface area contributed by atoms with E-state index in [0.717, 1.165) is 0 Å². The summed E-state index contributed by atoms with van der Waals surface area (Å²) in [4.78, 5) is 51.6. The highest BCUT2D eigenvalue weighted by Crippen LogP contribution is 2.00. The number of aromatic nitrogens is 2. The monoisotopic (exact) mass is 370 g/mol. The molecule has 9 N–H and O–H groups in total. The zero-order valence-electron chi connectivity index (χ0n) is 13.8. The Morgan fingerprint density at radius 2 is 1.85 bits per heavy atom. The quantitative estimate of drug-likeness (QED) is 0.201.